The maximum atomic E-state index is 12.0. The summed E-state index contributed by atoms with van der Waals surface area (Å²) in [5.41, 5.74) is 2.11. The molecule has 0 fully saturated rings. The number of carbonyl (C=O) groups is 1. The molecule has 3 rings (SSSR count). The first-order chi connectivity index (χ1) is 10.3. The number of benzene rings is 1. The zero-order valence-corrected chi connectivity index (χ0v) is 11.7. The van der Waals surface area contributed by atoms with Crippen molar-refractivity contribution in [1.82, 2.24) is 20.1 Å². The Morgan fingerprint density at radius 1 is 1.29 bits per heavy atom. The van der Waals surface area contributed by atoms with Gasteiger partial charge in [-0.05, 0) is 24.1 Å². The summed E-state index contributed by atoms with van der Waals surface area (Å²) in [5, 5.41) is 8.20. The Morgan fingerprint density at radius 2 is 2.19 bits per heavy atom. The second-order valence-corrected chi connectivity index (χ2v) is 5.01. The van der Waals surface area contributed by atoms with Crippen molar-refractivity contribution in [2.75, 3.05) is 6.54 Å². The SMILES string of the molecule is O=C(Cc1c[nH]c2ccccc12)NCCCn1cccn1. The number of fused-ring (bicyclic) bond motifs is 1. The maximum absolute atomic E-state index is 12.0. The Balaban J connectivity index is 1.48. The molecule has 0 bridgehead atoms. The highest BCUT2D eigenvalue weighted by molar-refractivity contribution is 5.88. The van der Waals surface area contributed by atoms with Crippen LogP contribution in [0, 0.1) is 0 Å². The maximum Gasteiger partial charge on any atom is 0.224 e. The number of nitrogens with one attached hydrogen (secondary N) is 2. The van der Waals surface area contributed by atoms with Crippen LogP contribution >= 0.6 is 0 Å². The Morgan fingerprint density at radius 3 is 3.05 bits per heavy atom. The van der Waals surface area contributed by atoms with Crippen LogP contribution in [0.3, 0.4) is 0 Å². The average molecular weight is 282 g/mol. The smallest absolute Gasteiger partial charge is 0.224 e. The van der Waals surface area contributed by atoms with Crippen molar-refractivity contribution in [3.63, 3.8) is 0 Å². The summed E-state index contributed by atoms with van der Waals surface area (Å²) >= 11 is 0. The third kappa shape index (κ3) is 3.31. The van der Waals surface area contributed by atoms with Gasteiger partial charge in [-0.2, -0.15) is 5.10 Å². The lowest BCUT2D eigenvalue weighted by molar-refractivity contribution is -0.120. The predicted molar refractivity (Wildman–Crippen MR) is 81.9 cm³/mol. The molecule has 21 heavy (non-hydrogen) atoms. The fraction of sp³-hybridized carbons (Fsp3) is 0.250. The van der Waals surface area contributed by atoms with Gasteiger partial charge in [0.25, 0.3) is 0 Å². The van der Waals surface area contributed by atoms with Gasteiger partial charge in [-0.3, -0.25) is 9.48 Å². The van der Waals surface area contributed by atoms with E-state index in [1.165, 1.54) is 0 Å². The monoisotopic (exact) mass is 282 g/mol. The summed E-state index contributed by atoms with van der Waals surface area (Å²) in [7, 11) is 0. The van der Waals surface area contributed by atoms with E-state index in [1.807, 2.05) is 47.4 Å². The van der Waals surface area contributed by atoms with Crippen LogP contribution in [0.1, 0.15) is 12.0 Å². The molecule has 0 saturated heterocycles. The molecule has 3 aromatic rings. The number of aromatic nitrogens is 3. The van der Waals surface area contributed by atoms with Crippen LogP contribution in [0.25, 0.3) is 10.9 Å². The van der Waals surface area contributed by atoms with Crippen molar-refractivity contribution in [2.45, 2.75) is 19.4 Å². The molecule has 0 unspecified atom stereocenters. The van der Waals surface area contributed by atoms with Crippen LogP contribution in [0.15, 0.2) is 48.9 Å². The number of carbonyl (C=O) groups excluding carboxylic acids is 1. The first-order valence-corrected chi connectivity index (χ1v) is 7.12. The van der Waals surface area contributed by atoms with Gasteiger partial charge in [-0.1, -0.05) is 18.2 Å². The van der Waals surface area contributed by atoms with Gasteiger partial charge in [0, 0.05) is 42.6 Å². The number of para-hydroxylation sites is 1. The minimum Gasteiger partial charge on any atom is -0.361 e. The zero-order chi connectivity index (χ0) is 14.5. The lowest BCUT2D eigenvalue weighted by Gasteiger charge is -2.05. The fourth-order valence-corrected chi connectivity index (χ4v) is 2.41. The van der Waals surface area contributed by atoms with Crippen LogP contribution in [0.2, 0.25) is 0 Å². The van der Waals surface area contributed by atoms with Gasteiger partial charge in [0.15, 0.2) is 0 Å². The predicted octanol–water partition coefficient (Wildman–Crippen LogP) is 2.11. The van der Waals surface area contributed by atoms with Crippen molar-refractivity contribution in [1.29, 1.82) is 0 Å². The topological polar surface area (TPSA) is 62.7 Å². The molecule has 5 heteroatoms. The minimum atomic E-state index is 0.0558. The molecule has 2 N–H and O–H groups in total. The fourth-order valence-electron chi connectivity index (χ4n) is 2.41. The molecule has 0 aliphatic heterocycles. The van der Waals surface area contributed by atoms with E-state index in [0.29, 0.717) is 13.0 Å². The van der Waals surface area contributed by atoms with E-state index < -0.39 is 0 Å². The van der Waals surface area contributed by atoms with Crippen molar-refractivity contribution in [3.8, 4) is 0 Å². The molecular formula is C16H18N4O. The van der Waals surface area contributed by atoms with Crippen molar-refractivity contribution in [2.24, 2.45) is 0 Å². The molecule has 2 aromatic heterocycles. The molecule has 1 amide bonds. The number of hydrogen-bond donors (Lipinski definition) is 2. The Hall–Kier alpha value is -2.56. The van der Waals surface area contributed by atoms with E-state index in [-0.39, 0.29) is 5.91 Å². The normalized spacial score (nSPS) is 10.9. The first-order valence-electron chi connectivity index (χ1n) is 7.12. The summed E-state index contributed by atoms with van der Waals surface area (Å²) in [6, 6.07) is 9.92. The molecule has 0 atom stereocenters. The van der Waals surface area contributed by atoms with Gasteiger partial charge in [-0.25, -0.2) is 0 Å². The Bertz CT molecular complexity index is 715. The van der Waals surface area contributed by atoms with Gasteiger partial charge in [-0.15, -0.1) is 0 Å². The second-order valence-electron chi connectivity index (χ2n) is 5.01. The van der Waals surface area contributed by atoms with E-state index in [4.69, 9.17) is 0 Å². The molecule has 5 nitrogen and oxygen atoms in total. The highest BCUT2D eigenvalue weighted by Gasteiger charge is 2.07. The summed E-state index contributed by atoms with van der Waals surface area (Å²) in [6.07, 6.45) is 6.88. The number of amides is 1. The highest BCUT2D eigenvalue weighted by Crippen LogP contribution is 2.17. The van der Waals surface area contributed by atoms with Crippen LogP contribution in [-0.4, -0.2) is 27.2 Å². The summed E-state index contributed by atoms with van der Waals surface area (Å²) < 4.78 is 1.87. The van der Waals surface area contributed by atoms with Crippen molar-refractivity contribution < 1.29 is 4.79 Å². The van der Waals surface area contributed by atoms with Gasteiger partial charge < -0.3 is 10.3 Å². The lowest BCUT2D eigenvalue weighted by Crippen LogP contribution is -2.26. The molecule has 108 valence electrons. The lowest BCUT2D eigenvalue weighted by atomic mass is 10.1. The first kappa shape index (κ1) is 13.4. The van der Waals surface area contributed by atoms with Gasteiger partial charge >= 0.3 is 0 Å². The molecule has 0 saturated carbocycles. The van der Waals surface area contributed by atoms with Crippen molar-refractivity contribution >= 4 is 16.8 Å². The molecule has 0 spiro atoms. The van der Waals surface area contributed by atoms with E-state index >= 15 is 0 Å². The molecule has 0 aliphatic carbocycles. The van der Waals surface area contributed by atoms with Crippen LogP contribution in [-0.2, 0) is 17.8 Å². The van der Waals surface area contributed by atoms with Crippen molar-refractivity contribution in [3.05, 3.63) is 54.5 Å². The van der Waals surface area contributed by atoms with Gasteiger partial charge in [0.1, 0.15) is 0 Å². The molecule has 2 heterocycles. The summed E-state index contributed by atoms with van der Waals surface area (Å²) in [4.78, 5) is 15.2. The Kier molecular flexibility index (Phi) is 4.00. The molecule has 1 aromatic carbocycles. The molecular weight excluding hydrogens is 264 g/mol. The summed E-state index contributed by atoms with van der Waals surface area (Å²) in [5.74, 6) is 0.0558. The third-order valence-electron chi connectivity index (χ3n) is 3.47. The Labute approximate surface area is 123 Å². The second kappa shape index (κ2) is 6.26. The largest absolute Gasteiger partial charge is 0.361 e. The minimum absolute atomic E-state index is 0.0558. The standard InChI is InChI=1S/C16H18N4O/c21-16(17-7-3-9-20-10-4-8-19-20)11-13-12-18-15-6-2-1-5-14(13)15/h1-2,4-6,8,10,12,18H,3,7,9,11H2,(H,17,21). The highest BCUT2D eigenvalue weighted by atomic mass is 16.1. The third-order valence-corrected chi connectivity index (χ3v) is 3.47. The number of H-pyrrole nitrogens is 1. The number of rotatable bonds is 6. The zero-order valence-electron chi connectivity index (χ0n) is 11.7. The number of hydrogen-bond acceptors (Lipinski definition) is 2. The van der Waals surface area contributed by atoms with E-state index in [9.17, 15) is 4.79 Å². The number of aromatic amines is 1. The number of aryl methyl sites for hydroxylation is 1. The number of nitrogens with zero attached hydrogens (tertiary/aromatic N) is 2. The molecule has 0 aliphatic rings. The van der Waals surface area contributed by atoms with E-state index in [2.05, 4.69) is 15.4 Å². The van der Waals surface area contributed by atoms with Gasteiger partial charge in [0.05, 0.1) is 6.42 Å². The molecule has 0 radical (unpaired) electrons. The summed E-state index contributed by atoms with van der Waals surface area (Å²) in [6.45, 7) is 1.49. The van der Waals surface area contributed by atoms with Gasteiger partial charge in [0.2, 0.25) is 5.91 Å². The van der Waals surface area contributed by atoms with Crippen LogP contribution < -0.4 is 5.32 Å². The van der Waals surface area contributed by atoms with Crippen LogP contribution in [0.5, 0.6) is 0 Å². The van der Waals surface area contributed by atoms with E-state index in [0.717, 1.165) is 29.4 Å². The van der Waals surface area contributed by atoms with E-state index in [1.54, 1.807) is 6.20 Å². The van der Waals surface area contributed by atoms with Crippen LogP contribution in [0.4, 0.5) is 0 Å². The average Bonchev–Trinajstić information content (AvgIpc) is 3.14. The quantitative estimate of drug-likeness (QED) is 0.680.